The first-order valence-corrected chi connectivity index (χ1v) is 6.53. The van der Waals surface area contributed by atoms with Crippen molar-refractivity contribution < 1.29 is 9.90 Å². The van der Waals surface area contributed by atoms with Gasteiger partial charge in [-0.05, 0) is 44.6 Å². The van der Waals surface area contributed by atoms with Gasteiger partial charge >= 0.3 is 0 Å². The van der Waals surface area contributed by atoms with Crippen LogP contribution in [-0.4, -0.2) is 35.4 Å². The molecule has 2 rings (SSSR count). The minimum Gasteiger partial charge on any atom is -0.508 e. The highest BCUT2D eigenvalue weighted by atomic mass is 16.3. The van der Waals surface area contributed by atoms with E-state index in [1.807, 2.05) is 20.2 Å². The summed E-state index contributed by atoms with van der Waals surface area (Å²) < 4.78 is 0. The van der Waals surface area contributed by atoms with Crippen molar-refractivity contribution in [3.05, 3.63) is 29.8 Å². The number of hydrogen-bond donors (Lipinski definition) is 1. The van der Waals surface area contributed by atoms with Gasteiger partial charge in [0.05, 0.1) is 5.54 Å². The van der Waals surface area contributed by atoms with E-state index in [-0.39, 0.29) is 17.1 Å². The Hall–Kier alpha value is -1.35. The fourth-order valence-corrected chi connectivity index (χ4v) is 2.95. The highest BCUT2D eigenvalue weighted by molar-refractivity contribution is 5.90. The van der Waals surface area contributed by atoms with Crippen LogP contribution in [0.25, 0.3) is 0 Å². The molecular weight excluding hydrogens is 226 g/mol. The third-order valence-electron chi connectivity index (χ3n) is 4.08. The first-order chi connectivity index (χ1) is 8.54. The molecule has 0 radical (unpaired) electrons. The van der Waals surface area contributed by atoms with Crippen molar-refractivity contribution in [3.8, 4) is 5.75 Å². The predicted molar refractivity (Wildman–Crippen MR) is 71.7 cm³/mol. The Morgan fingerprint density at radius 3 is 2.56 bits per heavy atom. The molecule has 0 bridgehead atoms. The zero-order valence-electron chi connectivity index (χ0n) is 11.1. The second kappa shape index (κ2) is 5.11. The molecule has 3 nitrogen and oxygen atoms in total. The number of Topliss-reactive ketones (excluding diaryl/α,β-unsaturated/α-hetero) is 1. The van der Waals surface area contributed by atoms with Gasteiger partial charge in [0.25, 0.3) is 0 Å². The van der Waals surface area contributed by atoms with Crippen LogP contribution in [0.5, 0.6) is 5.75 Å². The van der Waals surface area contributed by atoms with Crippen LogP contribution in [0.3, 0.4) is 0 Å². The zero-order chi connectivity index (χ0) is 13.2. The number of nitrogens with zero attached hydrogens (tertiary/aromatic N) is 1. The van der Waals surface area contributed by atoms with Gasteiger partial charge in [-0.1, -0.05) is 25.0 Å². The topological polar surface area (TPSA) is 40.5 Å². The number of phenols is 1. The van der Waals surface area contributed by atoms with E-state index >= 15 is 0 Å². The fourth-order valence-electron chi connectivity index (χ4n) is 2.95. The molecule has 0 amide bonds. The second-order valence-corrected chi connectivity index (χ2v) is 5.40. The van der Waals surface area contributed by atoms with Gasteiger partial charge in [-0.3, -0.25) is 9.69 Å². The van der Waals surface area contributed by atoms with Gasteiger partial charge in [-0.25, -0.2) is 0 Å². The molecule has 18 heavy (non-hydrogen) atoms. The number of likely N-dealkylation sites (N-methyl/N-ethyl adjacent to an activating group) is 1. The van der Waals surface area contributed by atoms with Crippen LogP contribution >= 0.6 is 0 Å². The minimum absolute atomic E-state index is 0.227. The van der Waals surface area contributed by atoms with Gasteiger partial charge in [-0.15, -0.1) is 0 Å². The molecule has 1 aromatic rings. The zero-order valence-corrected chi connectivity index (χ0v) is 11.1. The molecule has 1 aliphatic carbocycles. The maximum atomic E-state index is 12.6. The summed E-state index contributed by atoms with van der Waals surface area (Å²) in [5, 5.41) is 9.44. The first-order valence-electron chi connectivity index (χ1n) is 6.53. The monoisotopic (exact) mass is 247 g/mol. The largest absolute Gasteiger partial charge is 0.508 e. The smallest absolute Gasteiger partial charge is 0.157 e. The third-order valence-corrected chi connectivity index (χ3v) is 4.08. The van der Waals surface area contributed by atoms with Crippen LogP contribution in [0.4, 0.5) is 0 Å². The lowest BCUT2D eigenvalue weighted by Crippen LogP contribution is -2.49. The molecule has 98 valence electrons. The molecule has 1 aromatic carbocycles. The Kier molecular flexibility index (Phi) is 3.71. The first kappa shape index (κ1) is 13.1. The van der Waals surface area contributed by atoms with E-state index in [9.17, 15) is 9.90 Å². The van der Waals surface area contributed by atoms with Gasteiger partial charge in [0.15, 0.2) is 5.78 Å². The van der Waals surface area contributed by atoms with Crippen LogP contribution in [0.1, 0.15) is 31.2 Å². The lowest BCUT2D eigenvalue weighted by Gasteiger charge is -2.34. The SMILES string of the molecule is CN(C)C1(C(=O)Cc2cccc(O)c2)CCCC1. The molecule has 1 saturated carbocycles. The van der Waals surface area contributed by atoms with Gasteiger partial charge in [0.1, 0.15) is 5.75 Å². The number of hydrogen-bond acceptors (Lipinski definition) is 3. The van der Waals surface area contributed by atoms with Crippen LogP contribution in [-0.2, 0) is 11.2 Å². The van der Waals surface area contributed by atoms with Crippen LogP contribution < -0.4 is 0 Å². The molecule has 0 saturated heterocycles. The average Bonchev–Trinajstić information content (AvgIpc) is 2.79. The Morgan fingerprint density at radius 1 is 1.33 bits per heavy atom. The second-order valence-electron chi connectivity index (χ2n) is 5.40. The number of aromatic hydroxyl groups is 1. The molecule has 0 heterocycles. The highest BCUT2D eigenvalue weighted by Gasteiger charge is 2.42. The van der Waals surface area contributed by atoms with Crippen molar-refractivity contribution in [1.82, 2.24) is 4.90 Å². The molecular formula is C15H21NO2. The molecule has 0 spiro atoms. The Morgan fingerprint density at radius 2 is 2.00 bits per heavy atom. The maximum Gasteiger partial charge on any atom is 0.157 e. The summed E-state index contributed by atoms with van der Waals surface area (Å²) in [5.74, 6) is 0.501. The van der Waals surface area contributed by atoms with Gasteiger partial charge in [-0.2, -0.15) is 0 Å². The number of ketones is 1. The molecule has 0 aromatic heterocycles. The number of phenolic OH excluding ortho intramolecular Hbond substituents is 1. The molecule has 0 aliphatic heterocycles. The van der Waals surface area contributed by atoms with Crippen molar-refractivity contribution in [2.45, 2.75) is 37.6 Å². The van der Waals surface area contributed by atoms with Crippen molar-refractivity contribution in [1.29, 1.82) is 0 Å². The van der Waals surface area contributed by atoms with Crippen LogP contribution in [0.15, 0.2) is 24.3 Å². The number of carbonyl (C=O) groups excluding carboxylic acids is 1. The normalized spacial score (nSPS) is 18.2. The summed E-state index contributed by atoms with van der Waals surface area (Å²) in [6, 6.07) is 6.99. The summed E-state index contributed by atoms with van der Waals surface area (Å²) in [6.45, 7) is 0. The van der Waals surface area contributed by atoms with Crippen molar-refractivity contribution in [3.63, 3.8) is 0 Å². The summed E-state index contributed by atoms with van der Waals surface area (Å²) in [6.07, 6.45) is 4.58. The fraction of sp³-hybridized carbons (Fsp3) is 0.533. The summed E-state index contributed by atoms with van der Waals surface area (Å²) in [4.78, 5) is 14.6. The van der Waals surface area contributed by atoms with Gasteiger partial charge < -0.3 is 5.11 Å². The summed E-state index contributed by atoms with van der Waals surface area (Å²) in [5.41, 5.74) is 0.610. The van der Waals surface area contributed by atoms with Crippen molar-refractivity contribution >= 4 is 5.78 Å². The van der Waals surface area contributed by atoms with Gasteiger partial charge in [0, 0.05) is 6.42 Å². The molecule has 1 fully saturated rings. The van der Waals surface area contributed by atoms with Crippen LogP contribution in [0, 0.1) is 0 Å². The van der Waals surface area contributed by atoms with E-state index in [0.717, 1.165) is 31.2 Å². The number of carbonyl (C=O) groups is 1. The predicted octanol–water partition coefficient (Wildman–Crippen LogP) is 2.38. The van der Waals surface area contributed by atoms with E-state index in [0.29, 0.717) is 6.42 Å². The van der Waals surface area contributed by atoms with Gasteiger partial charge in [0.2, 0.25) is 0 Å². The number of rotatable bonds is 4. The standard InChI is InChI=1S/C15H21NO2/c1-16(2)15(8-3-4-9-15)14(18)11-12-6-5-7-13(17)10-12/h5-7,10,17H,3-4,8-9,11H2,1-2H3. The Labute approximate surface area is 108 Å². The lowest BCUT2D eigenvalue weighted by molar-refractivity contribution is -0.128. The summed E-state index contributed by atoms with van der Waals surface area (Å²) in [7, 11) is 3.98. The van der Waals surface area contributed by atoms with E-state index in [1.165, 1.54) is 0 Å². The molecule has 1 aliphatic rings. The van der Waals surface area contributed by atoms with E-state index < -0.39 is 0 Å². The Balaban J connectivity index is 2.16. The highest BCUT2D eigenvalue weighted by Crippen LogP contribution is 2.35. The molecule has 3 heteroatoms. The lowest BCUT2D eigenvalue weighted by atomic mass is 9.87. The van der Waals surface area contributed by atoms with Crippen molar-refractivity contribution in [2.24, 2.45) is 0 Å². The summed E-state index contributed by atoms with van der Waals surface area (Å²) >= 11 is 0. The Bertz CT molecular complexity index is 434. The van der Waals surface area contributed by atoms with Crippen LogP contribution in [0.2, 0.25) is 0 Å². The molecule has 1 N–H and O–H groups in total. The average molecular weight is 247 g/mol. The molecule has 0 atom stereocenters. The quantitative estimate of drug-likeness (QED) is 0.888. The number of benzene rings is 1. The minimum atomic E-state index is -0.286. The molecule has 0 unspecified atom stereocenters. The maximum absolute atomic E-state index is 12.6. The third kappa shape index (κ3) is 2.41. The van der Waals surface area contributed by atoms with E-state index in [2.05, 4.69) is 4.90 Å². The van der Waals surface area contributed by atoms with E-state index in [1.54, 1.807) is 18.2 Å². The van der Waals surface area contributed by atoms with E-state index in [4.69, 9.17) is 0 Å². The van der Waals surface area contributed by atoms with Crippen molar-refractivity contribution in [2.75, 3.05) is 14.1 Å².